The van der Waals surface area contributed by atoms with Crippen molar-refractivity contribution in [2.24, 2.45) is 0 Å². The van der Waals surface area contributed by atoms with Gasteiger partial charge >= 0.3 is 0 Å². The molecule has 1 atom stereocenters. The maximum atomic E-state index is 14.0. The van der Waals surface area contributed by atoms with Gasteiger partial charge in [-0.25, -0.2) is 8.78 Å². The van der Waals surface area contributed by atoms with Gasteiger partial charge in [-0.1, -0.05) is 18.2 Å². The highest BCUT2D eigenvalue weighted by atomic mass is 19.1. The predicted octanol–water partition coefficient (Wildman–Crippen LogP) is 4.89. The number of carbonyl (C=O) groups excluding carboxylic acids is 1. The van der Waals surface area contributed by atoms with Crippen LogP contribution in [0.25, 0.3) is 0 Å². The van der Waals surface area contributed by atoms with Crippen LogP contribution in [-0.4, -0.2) is 37.2 Å². The van der Waals surface area contributed by atoms with Crippen LogP contribution in [0.2, 0.25) is 0 Å². The van der Waals surface area contributed by atoms with Crippen molar-refractivity contribution >= 4 is 11.6 Å². The fourth-order valence-electron chi connectivity index (χ4n) is 3.72. The Bertz CT molecular complexity index is 974. The van der Waals surface area contributed by atoms with Crippen LogP contribution in [0.3, 0.4) is 0 Å². The molecule has 1 amide bonds. The Labute approximate surface area is 182 Å². The lowest BCUT2D eigenvalue weighted by atomic mass is 10.00. The first-order chi connectivity index (χ1) is 14.9. The molecular formula is C25H28F2N2O2. The second-order valence-corrected chi connectivity index (χ2v) is 7.61. The number of anilines is 1. The summed E-state index contributed by atoms with van der Waals surface area (Å²) in [6.45, 7) is 6.96. The van der Waals surface area contributed by atoms with Crippen LogP contribution in [-0.2, 0) is 17.6 Å². The molecular weight excluding hydrogens is 398 g/mol. The molecule has 1 aliphatic rings. The molecule has 4 nitrogen and oxygen atoms in total. The number of aryl methyl sites for hydroxylation is 1. The Hall–Kier alpha value is -2.99. The minimum Gasteiger partial charge on any atom is -0.472 e. The molecule has 2 aromatic rings. The van der Waals surface area contributed by atoms with Crippen LogP contribution in [0.15, 0.2) is 61.2 Å². The zero-order valence-corrected chi connectivity index (χ0v) is 18.0. The van der Waals surface area contributed by atoms with Crippen LogP contribution < -0.4 is 9.64 Å². The van der Waals surface area contributed by atoms with E-state index in [1.54, 1.807) is 4.90 Å². The van der Waals surface area contributed by atoms with E-state index in [1.165, 1.54) is 12.1 Å². The number of fused-ring (bicyclic) bond motifs is 1. The Morgan fingerprint density at radius 2 is 2.10 bits per heavy atom. The summed E-state index contributed by atoms with van der Waals surface area (Å²) in [5.41, 5.74) is 2.02. The Morgan fingerprint density at radius 3 is 2.81 bits per heavy atom. The number of carbonyl (C=O) groups is 1. The minimum absolute atomic E-state index is 0.112. The molecule has 0 saturated carbocycles. The molecule has 0 saturated heterocycles. The van der Waals surface area contributed by atoms with Gasteiger partial charge in [-0.15, -0.1) is 6.58 Å². The van der Waals surface area contributed by atoms with Crippen LogP contribution in [0.4, 0.5) is 14.5 Å². The fraction of sp³-hybridized carbons (Fsp3) is 0.320. The number of amides is 1. The first-order valence-electron chi connectivity index (χ1n) is 10.4. The third-order valence-corrected chi connectivity index (χ3v) is 5.29. The van der Waals surface area contributed by atoms with Gasteiger partial charge in [0, 0.05) is 24.8 Å². The molecule has 0 radical (unpaired) electrons. The summed E-state index contributed by atoms with van der Waals surface area (Å²) in [7, 11) is 1.96. The lowest BCUT2D eigenvalue weighted by molar-refractivity contribution is -0.118. The van der Waals surface area contributed by atoms with E-state index in [1.807, 2.05) is 55.3 Å². The summed E-state index contributed by atoms with van der Waals surface area (Å²) < 4.78 is 33.3. The summed E-state index contributed by atoms with van der Waals surface area (Å²) >= 11 is 0. The smallest absolute Gasteiger partial charge is 0.231 e. The molecule has 6 heteroatoms. The molecule has 0 N–H and O–H groups in total. The van der Waals surface area contributed by atoms with E-state index in [0.29, 0.717) is 13.1 Å². The number of hydrogen-bond donors (Lipinski definition) is 0. The zero-order valence-electron chi connectivity index (χ0n) is 18.0. The van der Waals surface area contributed by atoms with E-state index in [0.717, 1.165) is 35.9 Å². The van der Waals surface area contributed by atoms with E-state index in [9.17, 15) is 13.6 Å². The van der Waals surface area contributed by atoms with Crippen molar-refractivity contribution in [3.8, 4) is 5.75 Å². The minimum atomic E-state index is -0.701. The largest absolute Gasteiger partial charge is 0.472 e. The molecule has 164 valence electrons. The van der Waals surface area contributed by atoms with Gasteiger partial charge in [-0.3, -0.25) is 9.69 Å². The number of halogens is 2. The van der Waals surface area contributed by atoms with Crippen molar-refractivity contribution in [2.75, 3.05) is 25.0 Å². The highest BCUT2D eigenvalue weighted by Gasteiger charge is 2.24. The quantitative estimate of drug-likeness (QED) is 0.445. The van der Waals surface area contributed by atoms with Crippen molar-refractivity contribution in [2.45, 2.75) is 32.4 Å². The average molecular weight is 427 g/mol. The second-order valence-electron chi connectivity index (χ2n) is 7.61. The first kappa shape index (κ1) is 22.7. The molecule has 0 spiro atoms. The molecule has 0 fully saturated rings. The van der Waals surface area contributed by atoms with Gasteiger partial charge in [0.2, 0.25) is 5.91 Å². The van der Waals surface area contributed by atoms with Gasteiger partial charge < -0.3 is 9.64 Å². The van der Waals surface area contributed by atoms with E-state index < -0.39 is 11.6 Å². The summed E-state index contributed by atoms with van der Waals surface area (Å²) in [5, 5.41) is 0. The molecule has 1 aliphatic heterocycles. The van der Waals surface area contributed by atoms with Gasteiger partial charge in [0.1, 0.15) is 17.4 Å². The van der Waals surface area contributed by atoms with Gasteiger partial charge in [0.25, 0.3) is 0 Å². The Morgan fingerprint density at radius 1 is 1.29 bits per heavy atom. The van der Waals surface area contributed by atoms with E-state index in [2.05, 4.69) is 6.58 Å². The second kappa shape index (κ2) is 10.4. The van der Waals surface area contributed by atoms with Gasteiger partial charge in [-0.05, 0) is 68.3 Å². The van der Waals surface area contributed by atoms with Crippen LogP contribution in [0, 0.1) is 11.6 Å². The Balaban J connectivity index is 1.77. The van der Waals surface area contributed by atoms with Crippen LogP contribution in [0.5, 0.6) is 5.75 Å². The topological polar surface area (TPSA) is 32.8 Å². The van der Waals surface area contributed by atoms with E-state index in [4.69, 9.17) is 4.74 Å². The first-order valence-corrected chi connectivity index (χ1v) is 10.4. The molecule has 1 heterocycles. The Kier molecular flexibility index (Phi) is 7.58. The number of nitrogens with zero attached hydrogens (tertiary/aromatic N) is 2. The van der Waals surface area contributed by atoms with Crippen molar-refractivity contribution in [3.05, 3.63) is 84.0 Å². The number of hydrogen-bond acceptors (Lipinski definition) is 3. The van der Waals surface area contributed by atoms with E-state index in [-0.39, 0.29) is 24.1 Å². The normalized spacial score (nSPS) is 14.5. The van der Waals surface area contributed by atoms with Crippen molar-refractivity contribution < 1.29 is 18.3 Å². The molecule has 2 aromatic carbocycles. The number of allylic oxidation sites excluding steroid dienone is 1. The number of benzene rings is 2. The third kappa shape index (κ3) is 5.58. The number of likely N-dealkylation sites (N-methyl/N-ethyl adjacent to an activating group) is 1. The fourth-order valence-corrected chi connectivity index (χ4v) is 3.72. The molecule has 3 rings (SSSR count). The monoisotopic (exact) mass is 426 g/mol. The summed E-state index contributed by atoms with van der Waals surface area (Å²) in [5.74, 6) is -0.846. The lowest BCUT2D eigenvalue weighted by Gasteiger charge is -2.31. The molecule has 0 aliphatic carbocycles. The van der Waals surface area contributed by atoms with Crippen molar-refractivity contribution in [1.29, 1.82) is 0 Å². The zero-order chi connectivity index (χ0) is 22.4. The van der Waals surface area contributed by atoms with Crippen molar-refractivity contribution in [1.82, 2.24) is 4.90 Å². The third-order valence-electron chi connectivity index (χ3n) is 5.29. The molecule has 1 unspecified atom stereocenters. The summed E-state index contributed by atoms with van der Waals surface area (Å²) in [6.07, 6.45) is 7.03. The SMILES string of the molecule is C=CCN(C)C(C=CC)Oc1ccc2c(c1)CCCN2C(=O)Cc1ccc(F)cc1F. The molecule has 0 aromatic heterocycles. The van der Waals surface area contributed by atoms with Gasteiger partial charge in [0.15, 0.2) is 6.23 Å². The standard InChI is InChI=1S/C25H28F2N2O2/c1-4-7-25(28(3)13-5-2)31-21-11-12-23-19(15-21)8-6-14-29(23)24(30)16-18-9-10-20(26)17-22(18)27/h4-5,7,9-12,15,17,25H,2,6,8,13-14,16H2,1,3H3. The van der Waals surface area contributed by atoms with Gasteiger partial charge in [0.05, 0.1) is 6.42 Å². The lowest BCUT2D eigenvalue weighted by Crippen LogP contribution is -2.37. The summed E-state index contributed by atoms with van der Waals surface area (Å²) in [6, 6.07) is 8.99. The maximum absolute atomic E-state index is 14.0. The van der Waals surface area contributed by atoms with Crippen LogP contribution in [0.1, 0.15) is 24.5 Å². The summed E-state index contributed by atoms with van der Waals surface area (Å²) in [4.78, 5) is 16.6. The molecule has 0 bridgehead atoms. The van der Waals surface area contributed by atoms with Crippen LogP contribution >= 0.6 is 0 Å². The highest BCUT2D eigenvalue weighted by Crippen LogP contribution is 2.32. The highest BCUT2D eigenvalue weighted by molar-refractivity contribution is 5.96. The van der Waals surface area contributed by atoms with Crippen molar-refractivity contribution in [3.63, 3.8) is 0 Å². The number of ether oxygens (including phenoxy) is 1. The predicted molar refractivity (Wildman–Crippen MR) is 119 cm³/mol. The average Bonchev–Trinajstić information content (AvgIpc) is 2.75. The maximum Gasteiger partial charge on any atom is 0.231 e. The number of rotatable bonds is 8. The van der Waals surface area contributed by atoms with E-state index >= 15 is 0 Å². The molecule has 31 heavy (non-hydrogen) atoms. The van der Waals surface area contributed by atoms with Gasteiger partial charge in [-0.2, -0.15) is 0 Å².